The maximum Gasteiger partial charge on any atom is 0.233 e. The minimum Gasteiger partial charge on any atom is -0.342 e. The number of likely N-dealkylation sites (tertiary alicyclic amines) is 1. The fourth-order valence-corrected chi connectivity index (χ4v) is 4.10. The van der Waals surface area contributed by atoms with E-state index in [1.165, 1.54) is 12.5 Å². The van der Waals surface area contributed by atoms with Crippen LogP contribution in [0.25, 0.3) is 0 Å². The van der Waals surface area contributed by atoms with Gasteiger partial charge >= 0.3 is 0 Å². The summed E-state index contributed by atoms with van der Waals surface area (Å²) in [6.07, 6.45) is 5.87. The maximum absolute atomic E-state index is 14.3. The van der Waals surface area contributed by atoms with Crippen LogP contribution in [0.5, 0.6) is 0 Å². The highest BCUT2D eigenvalue weighted by Gasteiger charge is 2.46. The summed E-state index contributed by atoms with van der Waals surface area (Å²) in [6, 6.07) is 6.85. The molecule has 21 heavy (non-hydrogen) atoms. The lowest BCUT2D eigenvalue weighted by molar-refractivity contribution is -0.139. The third kappa shape index (κ3) is 2.58. The number of rotatable bonds is 2. The second-order valence-electron chi connectivity index (χ2n) is 6.77. The number of carbonyl (C=O) groups is 1. The third-order valence-electron chi connectivity index (χ3n) is 5.20. The van der Waals surface area contributed by atoms with Gasteiger partial charge in [0.05, 0.1) is 5.41 Å². The maximum atomic E-state index is 14.3. The highest BCUT2D eigenvalue weighted by atomic mass is 19.1. The molecule has 0 bridgehead atoms. The molecule has 2 fully saturated rings. The molecule has 1 atom stereocenters. The molecule has 2 nitrogen and oxygen atoms in total. The van der Waals surface area contributed by atoms with Crippen molar-refractivity contribution in [2.45, 2.75) is 50.9 Å². The first kappa shape index (κ1) is 14.6. The van der Waals surface area contributed by atoms with Gasteiger partial charge < -0.3 is 4.90 Å². The quantitative estimate of drug-likeness (QED) is 0.808. The number of benzene rings is 1. The summed E-state index contributed by atoms with van der Waals surface area (Å²) in [5, 5.41) is 0. The van der Waals surface area contributed by atoms with Crippen molar-refractivity contribution in [3.8, 4) is 0 Å². The average molecular weight is 289 g/mol. The summed E-state index contributed by atoms with van der Waals surface area (Å²) in [5.41, 5.74) is 0.00769. The van der Waals surface area contributed by atoms with Gasteiger partial charge in [-0.05, 0) is 37.7 Å². The Morgan fingerprint density at radius 3 is 2.62 bits per heavy atom. The lowest BCUT2D eigenvalue weighted by Gasteiger charge is -2.38. The van der Waals surface area contributed by atoms with E-state index in [1.54, 1.807) is 6.07 Å². The molecule has 1 aliphatic carbocycles. The van der Waals surface area contributed by atoms with E-state index in [2.05, 4.69) is 6.92 Å². The largest absolute Gasteiger partial charge is 0.342 e. The van der Waals surface area contributed by atoms with Crippen molar-refractivity contribution in [3.63, 3.8) is 0 Å². The number of nitrogens with zero attached hydrogens (tertiary/aromatic N) is 1. The monoisotopic (exact) mass is 289 g/mol. The second kappa shape index (κ2) is 5.78. The van der Waals surface area contributed by atoms with Crippen molar-refractivity contribution in [2.24, 2.45) is 5.92 Å². The number of carbonyl (C=O) groups excluding carboxylic acids is 1. The molecule has 0 N–H and O–H groups in total. The van der Waals surface area contributed by atoms with Crippen molar-refractivity contribution in [3.05, 3.63) is 35.6 Å². The molecule has 1 aromatic rings. The highest BCUT2D eigenvalue weighted by molar-refractivity contribution is 5.88. The van der Waals surface area contributed by atoms with Gasteiger partial charge in [0, 0.05) is 18.7 Å². The van der Waals surface area contributed by atoms with Gasteiger partial charge in [-0.3, -0.25) is 4.79 Å². The Kier molecular flexibility index (Phi) is 4.01. The van der Waals surface area contributed by atoms with Gasteiger partial charge in [0.1, 0.15) is 5.82 Å². The third-order valence-corrected chi connectivity index (χ3v) is 5.20. The van der Waals surface area contributed by atoms with Crippen molar-refractivity contribution in [2.75, 3.05) is 13.1 Å². The molecular weight excluding hydrogens is 265 g/mol. The molecule has 3 heteroatoms. The Morgan fingerprint density at radius 1 is 1.24 bits per heavy atom. The second-order valence-corrected chi connectivity index (χ2v) is 6.77. The fourth-order valence-electron chi connectivity index (χ4n) is 4.10. The molecule has 1 aliphatic heterocycles. The zero-order valence-corrected chi connectivity index (χ0v) is 12.8. The van der Waals surface area contributed by atoms with E-state index in [0.29, 0.717) is 11.5 Å². The standard InChI is InChI=1S/C18H24FNO/c1-14-7-6-12-20(13-14)17(21)18(10-4-5-11-18)15-8-2-3-9-16(15)19/h2-3,8-9,14H,4-7,10-13H2,1H3. The Bertz CT molecular complexity index is 522. The van der Waals surface area contributed by atoms with Gasteiger partial charge in [-0.15, -0.1) is 0 Å². The van der Waals surface area contributed by atoms with Crippen LogP contribution in [0, 0.1) is 11.7 Å². The molecule has 114 valence electrons. The van der Waals surface area contributed by atoms with Gasteiger partial charge in [-0.1, -0.05) is 38.0 Å². The van der Waals surface area contributed by atoms with Gasteiger partial charge in [0.25, 0.3) is 0 Å². The molecule has 1 heterocycles. The van der Waals surface area contributed by atoms with Crippen molar-refractivity contribution < 1.29 is 9.18 Å². The van der Waals surface area contributed by atoms with Crippen molar-refractivity contribution in [1.82, 2.24) is 4.90 Å². The molecule has 3 rings (SSSR count). The minimum atomic E-state index is -0.609. The summed E-state index contributed by atoms with van der Waals surface area (Å²) in [6.45, 7) is 3.86. The zero-order valence-electron chi connectivity index (χ0n) is 12.8. The predicted molar refractivity (Wildman–Crippen MR) is 81.5 cm³/mol. The van der Waals surface area contributed by atoms with Crippen LogP contribution < -0.4 is 0 Å². The van der Waals surface area contributed by atoms with Crippen LogP contribution in [0.15, 0.2) is 24.3 Å². The molecule has 0 spiro atoms. The van der Waals surface area contributed by atoms with E-state index in [-0.39, 0.29) is 11.7 Å². The van der Waals surface area contributed by atoms with Gasteiger partial charge in [0.15, 0.2) is 0 Å². The summed E-state index contributed by atoms with van der Waals surface area (Å²) >= 11 is 0. The molecule has 1 aromatic carbocycles. The van der Waals surface area contributed by atoms with E-state index in [1.807, 2.05) is 17.0 Å². The van der Waals surface area contributed by atoms with Crippen LogP contribution in [0.3, 0.4) is 0 Å². The van der Waals surface area contributed by atoms with E-state index >= 15 is 0 Å². The molecule has 1 saturated carbocycles. The molecule has 0 aromatic heterocycles. The normalized spacial score (nSPS) is 25.0. The summed E-state index contributed by atoms with van der Waals surface area (Å²) in [4.78, 5) is 15.2. The number of piperidine rings is 1. The van der Waals surface area contributed by atoms with Crippen LogP contribution >= 0.6 is 0 Å². The molecule has 1 saturated heterocycles. The summed E-state index contributed by atoms with van der Waals surface area (Å²) < 4.78 is 14.3. The summed E-state index contributed by atoms with van der Waals surface area (Å²) in [5.74, 6) is 0.497. The number of hydrogen-bond donors (Lipinski definition) is 0. The van der Waals surface area contributed by atoms with Crippen molar-refractivity contribution >= 4 is 5.91 Å². The number of halogens is 1. The Labute approximate surface area is 126 Å². The fraction of sp³-hybridized carbons (Fsp3) is 0.611. The SMILES string of the molecule is CC1CCCN(C(=O)C2(c3ccccc3F)CCCC2)C1. The lowest BCUT2D eigenvalue weighted by atomic mass is 9.76. The van der Waals surface area contributed by atoms with E-state index in [9.17, 15) is 9.18 Å². The Morgan fingerprint density at radius 2 is 1.95 bits per heavy atom. The zero-order chi connectivity index (χ0) is 14.9. The smallest absolute Gasteiger partial charge is 0.233 e. The average Bonchev–Trinajstić information content (AvgIpc) is 2.97. The first-order chi connectivity index (χ1) is 10.1. The first-order valence-electron chi connectivity index (χ1n) is 8.18. The van der Waals surface area contributed by atoms with Crippen LogP contribution in [0.4, 0.5) is 4.39 Å². The predicted octanol–water partition coefficient (Wildman–Crippen LogP) is 3.90. The lowest BCUT2D eigenvalue weighted by Crippen LogP contribution is -2.49. The first-order valence-corrected chi connectivity index (χ1v) is 8.18. The van der Waals surface area contributed by atoms with Gasteiger partial charge in [-0.25, -0.2) is 4.39 Å². The number of hydrogen-bond acceptors (Lipinski definition) is 1. The molecule has 0 radical (unpaired) electrons. The molecule has 1 unspecified atom stereocenters. The van der Waals surface area contributed by atoms with E-state index < -0.39 is 5.41 Å². The van der Waals surface area contributed by atoms with Crippen LogP contribution in [0.1, 0.15) is 51.0 Å². The molecular formula is C18H24FNO. The minimum absolute atomic E-state index is 0.164. The van der Waals surface area contributed by atoms with E-state index in [4.69, 9.17) is 0 Å². The topological polar surface area (TPSA) is 20.3 Å². The van der Waals surface area contributed by atoms with Gasteiger partial charge in [-0.2, -0.15) is 0 Å². The molecule has 2 aliphatic rings. The Balaban J connectivity index is 1.94. The number of amides is 1. The summed E-state index contributed by atoms with van der Waals surface area (Å²) in [7, 11) is 0. The van der Waals surface area contributed by atoms with Crippen LogP contribution in [-0.4, -0.2) is 23.9 Å². The van der Waals surface area contributed by atoms with Crippen LogP contribution in [-0.2, 0) is 10.2 Å². The van der Waals surface area contributed by atoms with Crippen LogP contribution in [0.2, 0.25) is 0 Å². The highest BCUT2D eigenvalue weighted by Crippen LogP contribution is 2.44. The molecule has 1 amide bonds. The Hall–Kier alpha value is -1.38. The van der Waals surface area contributed by atoms with E-state index in [0.717, 1.165) is 45.2 Å². The van der Waals surface area contributed by atoms with Crippen molar-refractivity contribution in [1.29, 1.82) is 0 Å². The van der Waals surface area contributed by atoms with Gasteiger partial charge in [0.2, 0.25) is 5.91 Å².